The Morgan fingerprint density at radius 3 is 2.92 bits per heavy atom. The number of anilines is 2. The molecule has 1 aliphatic heterocycles. The molecule has 0 radical (unpaired) electrons. The molecule has 0 bridgehead atoms. The average Bonchev–Trinajstić information content (AvgIpc) is 3.36. The van der Waals surface area contributed by atoms with Gasteiger partial charge in [0.1, 0.15) is 5.82 Å². The van der Waals surface area contributed by atoms with Crippen molar-refractivity contribution < 1.29 is 14.0 Å². The summed E-state index contributed by atoms with van der Waals surface area (Å²) in [6.07, 6.45) is 2.68. The number of thiazole rings is 1. The van der Waals surface area contributed by atoms with Crippen molar-refractivity contribution in [2.45, 2.75) is 25.8 Å². The van der Waals surface area contributed by atoms with Gasteiger partial charge in [-0.15, -0.1) is 11.3 Å². The standard InChI is InChI=1S/C18H19FN4O2S/c19-12-2-1-3-13(8-12)20-16(24)10-23-7-6-14-15(9-23)26-18(21-14)22-17(25)11-4-5-11/h1-3,8,11H,4-7,9-10H2,(H,20,24)(H,21,22,25). The van der Waals surface area contributed by atoms with Gasteiger partial charge in [0.2, 0.25) is 11.8 Å². The Labute approximate surface area is 154 Å². The molecule has 2 aromatic rings. The van der Waals surface area contributed by atoms with Gasteiger partial charge in [-0.1, -0.05) is 6.07 Å². The molecule has 1 saturated carbocycles. The first-order valence-electron chi connectivity index (χ1n) is 8.64. The molecule has 1 aromatic heterocycles. The van der Waals surface area contributed by atoms with Crippen LogP contribution in [0.5, 0.6) is 0 Å². The molecule has 0 saturated heterocycles. The van der Waals surface area contributed by atoms with E-state index in [2.05, 4.69) is 15.6 Å². The number of amides is 2. The smallest absolute Gasteiger partial charge is 0.238 e. The Bertz CT molecular complexity index is 849. The molecule has 8 heteroatoms. The molecule has 136 valence electrons. The number of rotatable bonds is 5. The predicted molar refractivity (Wildman–Crippen MR) is 97.5 cm³/mol. The van der Waals surface area contributed by atoms with Gasteiger partial charge in [0, 0.05) is 36.0 Å². The second kappa shape index (κ2) is 7.13. The fraction of sp³-hybridized carbons (Fsp3) is 0.389. The third-order valence-electron chi connectivity index (χ3n) is 4.46. The van der Waals surface area contributed by atoms with Crippen molar-refractivity contribution in [3.05, 3.63) is 40.7 Å². The van der Waals surface area contributed by atoms with E-state index in [0.29, 0.717) is 17.4 Å². The molecule has 2 aliphatic rings. The Morgan fingerprint density at radius 2 is 2.15 bits per heavy atom. The number of carbonyl (C=O) groups is 2. The van der Waals surface area contributed by atoms with Crippen LogP contribution in [0.4, 0.5) is 15.2 Å². The van der Waals surface area contributed by atoms with E-state index in [-0.39, 0.29) is 30.1 Å². The first-order valence-corrected chi connectivity index (χ1v) is 9.46. The van der Waals surface area contributed by atoms with Crippen molar-refractivity contribution in [1.29, 1.82) is 0 Å². The first-order chi connectivity index (χ1) is 12.6. The number of hydrogen-bond donors (Lipinski definition) is 2. The normalized spacial score (nSPS) is 16.8. The van der Waals surface area contributed by atoms with Gasteiger partial charge in [-0.2, -0.15) is 0 Å². The molecule has 0 spiro atoms. The van der Waals surface area contributed by atoms with Crippen LogP contribution in [0.1, 0.15) is 23.4 Å². The van der Waals surface area contributed by atoms with Crippen molar-refractivity contribution >= 4 is 34.0 Å². The minimum absolute atomic E-state index is 0.0578. The van der Waals surface area contributed by atoms with Crippen LogP contribution < -0.4 is 10.6 Å². The van der Waals surface area contributed by atoms with Gasteiger partial charge in [-0.3, -0.25) is 14.5 Å². The number of carbonyl (C=O) groups excluding carboxylic acids is 2. The molecular weight excluding hydrogens is 355 g/mol. The highest BCUT2D eigenvalue weighted by Gasteiger charge is 2.31. The lowest BCUT2D eigenvalue weighted by atomic mass is 10.2. The van der Waals surface area contributed by atoms with E-state index in [0.717, 1.165) is 36.4 Å². The molecule has 6 nitrogen and oxygen atoms in total. The lowest BCUT2D eigenvalue weighted by molar-refractivity contribution is -0.118. The highest BCUT2D eigenvalue weighted by molar-refractivity contribution is 7.15. The summed E-state index contributed by atoms with van der Waals surface area (Å²) in [5.74, 6) is -0.344. The Morgan fingerprint density at radius 1 is 1.31 bits per heavy atom. The third-order valence-corrected chi connectivity index (χ3v) is 5.46. The summed E-state index contributed by atoms with van der Waals surface area (Å²) in [5.41, 5.74) is 1.46. The summed E-state index contributed by atoms with van der Waals surface area (Å²) >= 11 is 1.48. The minimum Gasteiger partial charge on any atom is -0.325 e. The lowest BCUT2D eigenvalue weighted by Crippen LogP contribution is -2.36. The fourth-order valence-corrected chi connectivity index (χ4v) is 4.01. The number of hydrogen-bond acceptors (Lipinski definition) is 5. The van der Waals surface area contributed by atoms with Crippen molar-refractivity contribution in [2.24, 2.45) is 5.92 Å². The number of fused-ring (bicyclic) bond motifs is 1. The second-order valence-corrected chi connectivity index (χ2v) is 7.76. The topological polar surface area (TPSA) is 74.3 Å². The highest BCUT2D eigenvalue weighted by Crippen LogP contribution is 2.32. The molecule has 26 heavy (non-hydrogen) atoms. The predicted octanol–water partition coefficient (Wildman–Crippen LogP) is 2.63. The Balaban J connectivity index is 1.33. The van der Waals surface area contributed by atoms with Gasteiger partial charge in [0.15, 0.2) is 5.13 Å². The van der Waals surface area contributed by atoms with Crippen LogP contribution in [0.25, 0.3) is 0 Å². The SMILES string of the molecule is O=C(CN1CCc2nc(NC(=O)C3CC3)sc2C1)Nc1cccc(F)c1. The van der Waals surface area contributed by atoms with Crippen LogP contribution in [-0.4, -0.2) is 34.8 Å². The summed E-state index contributed by atoms with van der Waals surface area (Å²) in [6, 6.07) is 5.86. The number of nitrogens with zero attached hydrogens (tertiary/aromatic N) is 2. The number of halogens is 1. The van der Waals surface area contributed by atoms with Crippen molar-refractivity contribution in [1.82, 2.24) is 9.88 Å². The summed E-state index contributed by atoms with van der Waals surface area (Å²) in [6.45, 7) is 1.59. The lowest BCUT2D eigenvalue weighted by Gasteiger charge is -2.25. The van der Waals surface area contributed by atoms with Gasteiger partial charge in [0.05, 0.1) is 12.2 Å². The summed E-state index contributed by atoms with van der Waals surface area (Å²) in [4.78, 5) is 31.7. The summed E-state index contributed by atoms with van der Waals surface area (Å²) in [5, 5.41) is 6.26. The zero-order valence-electron chi connectivity index (χ0n) is 14.1. The highest BCUT2D eigenvalue weighted by atomic mass is 32.1. The average molecular weight is 374 g/mol. The van der Waals surface area contributed by atoms with Gasteiger partial charge in [-0.25, -0.2) is 9.37 Å². The largest absolute Gasteiger partial charge is 0.325 e. The molecule has 2 heterocycles. The molecule has 1 aromatic carbocycles. The maximum atomic E-state index is 13.2. The number of aromatic nitrogens is 1. The fourth-order valence-electron chi connectivity index (χ4n) is 2.96. The molecule has 0 atom stereocenters. The van der Waals surface area contributed by atoms with E-state index in [4.69, 9.17) is 0 Å². The van der Waals surface area contributed by atoms with Crippen LogP contribution in [0, 0.1) is 11.7 Å². The van der Waals surface area contributed by atoms with Crippen molar-refractivity contribution in [3.8, 4) is 0 Å². The molecule has 2 amide bonds. The summed E-state index contributed by atoms with van der Waals surface area (Å²) < 4.78 is 13.2. The second-order valence-electron chi connectivity index (χ2n) is 6.67. The molecule has 1 aliphatic carbocycles. The van der Waals surface area contributed by atoms with Gasteiger partial charge in [0.25, 0.3) is 0 Å². The molecular formula is C18H19FN4O2S. The van der Waals surface area contributed by atoms with Crippen molar-refractivity contribution in [3.63, 3.8) is 0 Å². The van der Waals surface area contributed by atoms with E-state index in [1.165, 1.54) is 23.5 Å². The molecule has 0 unspecified atom stereocenters. The monoisotopic (exact) mass is 374 g/mol. The van der Waals surface area contributed by atoms with E-state index in [1.54, 1.807) is 12.1 Å². The number of nitrogens with one attached hydrogen (secondary N) is 2. The zero-order valence-corrected chi connectivity index (χ0v) is 14.9. The van der Waals surface area contributed by atoms with Crippen molar-refractivity contribution in [2.75, 3.05) is 23.7 Å². The van der Waals surface area contributed by atoms with E-state index < -0.39 is 0 Å². The molecule has 1 fully saturated rings. The van der Waals surface area contributed by atoms with Crippen LogP contribution in [0.2, 0.25) is 0 Å². The van der Waals surface area contributed by atoms with E-state index >= 15 is 0 Å². The van der Waals surface area contributed by atoms with Crippen LogP contribution in [-0.2, 0) is 22.6 Å². The van der Waals surface area contributed by atoms with Crippen LogP contribution in [0.3, 0.4) is 0 Å². The third kappa shape index (κ3) is 4.08. The van der Waals surface area contributed by atoms with Gasteiger partial charge in [-0.05, 0) is 31.0 Å². The van der Waals surface area contributed by atoms with Crippen LogP contribution in [0.15, 0.2) is 24.3 Å². The maximum absolute atomic E-state index is 13.2. The Hall–Kier alpha value is -2.32. The Kier molecular flexibility index (Phi) is 4.69. The van der Waals surface area contributed by atoms with E-state index in [1.807, 2.05) is 4.90 Å². The van der Waals surface area contributed by atoms with Gasteiger partial charge >= 0.3 is 0 Å². The molecule has 4 rings (SSSR count). The summed E-state index contributed by atoms with van der Waals surface area (Å²) in [7, 11) is 0. The van der Waals surface area contributed by atoms with Crippen LogP contribution >= 0.6 is 11.3 Å². The van der Waals surface area contributed by atoms with Gasteiger partial charge < -0.3 is 10.6 Å². The first kappa shape index (κ1) is 17.1. The quantitative estimate of drug-likeness (QED) is 0.844. The molecule has 2 N–H and O–H groups in total. The minimum atomic E-state index is -0.379. The van der Waals surface area contributed by atoms with E-state index in [9.17, 15) is 14.0 Å². The number of benzene rings is 1. The zero-order chi connectivity index (χ0) is 18.1. The maximum Gasteiger partial charge on any atom is 0.238 e.